The van der Waals surface area contributed by atoms with Crippen molar-refractivity contribution in [3.8, 4) is 5.75 Å². The number of aryl methyl sites for hydroxylation is 3. The monoisotopic (exact) mass is 279 g/mol. The fourth-order valence-electron chi connectivity index (χ4n) is 2.19. The Kier molecular flexibility index (Phi) is 4.27. The van der Waals surface area contributed by atoms with Gasteiger partial charge in [-0.05, 0) is 32.0 Å². The van der Waals surface area contributed by atoms with Crippen LogP contribution in [0.5, 0.6) is 5.75 Å². The van der Waals surface area contributed by atoms with Crippen LogP contribution in [0.15, 0.2) is 12.3 Å². The maximum Gasteiger partial charge on any atom is 0.161 e. The van der Waals surface area contributed by atoms with Crippen LogP contribution in [0.25, 0.3) is 0 Å². The lowest BCUT2D eigenvalue weighted by atomic mass is 10.1. The fraction of sp³-hybridized carbons (Fsp3) is 0.500. The molecular weight excluding hydrogens is 258 g/mol. The predicted octanol–water partition coefficient (Wildman–Crippen LogP) is 2.81. The van der Waals surface area contributed by atoms with Crippen molar-refractivity contribution in [2.45, 2.75) is 26.8 Å². The van der Waals surface area contributed by atoms with Crippen LogP contribution < -0.4 is 10.1 Å². The van der Waals surface area contributed by atoms with Gasteiger partial charge in [-0.25, -0.2) is 0 Å². The molecule has 1 atom stereocenters. The summed E-state index contributed by atoms with van der Waals surface area (Å²) in [6.07, 6.45) is 1.77. The number of rotatable bonds is 5. The third-order valence-corrected chi connectivity index (χ3v) is 4.54. The van der Waals surface area contributed by atoms with Gasteiger partial charge in [-0.2, -0.15) is 5.10 Å². The second-order valence-electron chi connectivity index (χ2n) is 4.60. The molecule has 1 N–H and O–H groups in total. The van der Waals surface area contributed by atoms with Gasteiger partial charge in [0.25, 0.3) is 0 Å². The molecule has 0 amide bonds. The normalized spacial score (nSPS) is 12.7. The van der Waals surface area contributed by atoms with Crippen molar-refractivity contribution in [1.82, 2.24) is 15.1 Å². The maximum absolute atomic E-state index is 5.43. The van der Waals surface area contributed by atoms with Crippen LogP contribution in [0.3, 0.4) is 0 Å². The first-order chi connectivity index (χ1) is 9.08. The van der Waals surface area contributed by atoms with Gasteiger partial charge in [0.15, 0.2) is 5.75 Å². The lowest BCUT2D eigenvalue weighted by molar-refractivity contribution is 0.401. The van der Waals surface area contributed by atoms with Gasteiger partial charge < -0.3 is 10.1 Å². The van der Waals surface area contributed by atoms with Gasteiger partial charge in [0, 0.05) is 16.8 Å². The van der Waals surface area contributed by atoms with Crippen LogP contribution in [-0.4, -0.2) is 23.4 Å². The summed E-state index contributed by atoms with van der Waals surface area (Å²) in [6.45, 7) is 7.32. The van der Waals surface area contributed by atoms with Gasteiger partial charge in [0.1, 0.15) is 5.69 Å². The molecule has 4 nitrogen and oxygen atoms in total. The van der Waals surface area contributed by atoms with Gasteiger partial charge in [0.2, 0.25) is 0 Å². The molecule has 0 fully saturated rings. The van der Waals surface area contributed by atoms with Crippen LogP contribution in [0.4, 0.5) is 0 Å². The molecule has 0 aromatic carbocycles. The smallest absolute Gasteiger partial charge is 0.161 e. The predicted molar refractivity (Wildman–Crippen MR) is 79.1 cm³/mol. The van der Waals surface area contributed by atoms with Crippen LogP contribution in [0.2, 0.25) is 0 Å². The Morgan fingerprint density at radius 3 is 2.74 bits per heavy atom. The Hall–Kier alpha value is -1.33. The summed E-state index contributed by atoms with van der Waals surface area (Å²) in [7, 11) is 3.64. The molecule has 104 valence electrons. The van der Waals surface area contributed by atoms with E-state index in [-0.39, 0.29) is 6.04 Å². The summed E-state index contributed by atoms with van der Waals surface area (Å²) in [4.78, 5) is 2.66. The fourth-order valence-corrected chi connectivity index (χ4v) is 3.32. The summed E-state index contributed by atoms with van der Waals surface area (Å²) in [6, 6.07) is 2.38. The highest BCUT2D eigenvalue weighted by Gasteiger charge is 2.23. The zero-order chi connectivity index (χ0) is 14.0. The second-order valence-corrected chi connectivity index (χ2v) is 5.89. The lowest BCUT2D eigenvalue weighted by Gasteiger charge is -2.18. The molecule has 19 heavy (non-hydrogen) atoms. The second kappa shape index (κ2) is 5.75. The SMILES string of the molecule is CCNC(c1cc(C)c(C)s1)c1c(OC)cnn1C. The molecule has 0 bridgehead atoms. The molecule has 0 aliphatic rings. The highest BCUT2D eigenvalue weighted by molar-refractivity contribution is 7.12. The highest BCUT2D eigenvalue weighted by atomic mass is 32.1. The number of nitrogens with zero attached hydrogens (tertiary/aromatic N) is 2. The molecule has 0 radical (unpaired) electrons. The van der Waals surface area contributed by atoms with E-state index in [1.165, 1.54) is 15.3 Å². The van der Waals surface area contributed by atoms with Crippen molar-refractivity contribution in [2.75, 3.05) is 13.7 Å². The maximum atomic E-state index is 5.43. The summed E-state index contributed by atoms with van der Waals surface area (Å²) in [5.41, 5.74) is 2.41. The molecule has 0 saturated carbocycles. The van der Waals surface area contributed by atoms with Gasteiger partial charge in [-0.3, -0.25) is 4.68 Å². The van der Waals surface area contributed by atoms with E-state index in [9.17, 15) is 0 Å². The topological polar surface area (TPSA) is 39.1 Å². The summed E-state index contributed by atoms with van der Waals surface area (Å²) in [5.74, 6) is 0.831. The minimum Gasteiger partial charge on any atom is -0.493 e. The van der Waals surface area contributed by atoms with Crippen LogP contribution in [-0.2, 0) is 7.05 Å². The van der Waals surface area contributed by atoms with Gasteiger partial charge in [-0.1, -0.05) is 6.92 Å². The van der Waals surface area contributed by atoms with Crippen molar-refractivity contribution < 1.29 is 4.74 Å². The summed E-state index contributed by atoms with van der Waals surface area (Å²) >= 11 is 1.83. The number of aromatic nitrogens is 2. The van der Waals surface area contributed by atoms with Gasteiger partial charge in [-0.15, -0.1) is 11.3 Å². The molecule has 2 rings (SSSR count). The van der Waals surface area contributed by atoms with Crippen LogP contribution >= 0.6 is 11.3 Å². The summed E-state index contributed by atoms with van der Waals surface area (Å²) < 4.78 is 7.32. The van der Waals surface area contributed by atoms with Crippen molar-refractivity contribution in [3.05, 3.63) is 33.3 Å². The first kappa shape index (κ1) is 14.1. The average molecular weight is 279 g/mol. The molecule has 5 heteroatoms. The van der Waals surface area contributed by atoms with E-state index in [4.69, 9.17) is 4.74 Å². The van der Waals surface area contributed by atoms with E-state index in [0.717, 1.165) is 18.0 Å². The third-order valence-electron chi connectivity index (χ3n) is 3.32. The van der Waals surface area contributed by atoms with Crippen LogP contribution in [0, 0.1) is 13.8 Å². The molecule has 2 heterocycles. The lowest BCUT2D eigenvalue weighted by Crippen LogP contribution is -2.24. The van der Waals surface area contributed by atoms with E-state index in [2.05, 4.69) is 37.3 Å². The molecule has 0 aliphatic carbocycles. The number of thiophene rings is 1. The highest BCUT2D eigenvalue weighted by Crippen LogP contribution is 2.34. The molecule has 1 unspecified atom stereocenters. The zero-order valence-corrected chi connectivity index (χ0v) is 13.0. The Morgan fingerprint density at radius 2 is 2.21 bits per heavy atom. The minimum absolute atomic E-state index is 0.129. The van der Waals surface area contributed by atoms with Crippen molar-refractivity contribution in [2.24, 2.45) is 7.05 Å². The molecule has 0 aliphatic heterocycles. The molecule has 0 spiro atoms. The number of ether oxygens (including phenoxy) is 1. The average Bonchev–Trinajstić information content (AvgIpc) is 2.91. The number of nitrogens with one attached hydrogen (secondary N) is 1. The van der Waals surface area contributed by atoms with Gasteiger partial charge >= 0.3 is 0 Å². The zero-order valence-electron chi connectivity index (χ0n) is 12.2. The largest absolute Gasteiger partial charge is 0.493 e. The first-order valence-corrected chi connectivity index (χ1v) is 7.26. The minimum atomic E-state index is 0.129. The van der Waals surface area contributed by atoms with E-state index in [1.54, 1.807) is 13.3 Å². The summed E-state index contributed by atoms with van der Waals surface area (Å²) in [5, 5.41) is 7.83. The third kappa shape index (κ3) is 2.67. The number of methoxy groups -OCH3 is 1. The van der Waals surface area contributed by atoms with Gasteiger partial charge in [0.05, 0.1) is 19.3 Å². The Morgan fingerprint density at radius 1 is 1.47 bits per heavy atom. The first-order valence-electron chi connectivity index (χ1n) is 6.44. The van der Waals surface area contributed by atoms with E-state index in [1.807, 2.05) is 23.1 Å². The Labute approximate surface area is 118 Å². The molecular formula is C14H21N3OS. The van der Waals surface area contributed by atoms with E-state index < -0.39 is 0 Å². The Bertz CT molecular complexity index is 540. The Balaban J connectivity index is 2.47. The molecule has 2 aromatic rings. The molecule has 0 saturated heterocycles. The number of hydrogen-bond donors (Lipinski definition) is 1. The van der Waals surface area contributed by atoms with Crippen molar-refractivity contribution >= 4 is 11.3 Å². The van der Waals surface area contributed by atoms with Crippen molar-refractivity contribution in [3.63, 3.8) is 0 Å². The van der Waals surface area contributed by atoms with E-state index >= 15 is 0 Å². The quantitative estimate of drug-likeness (QED) is 0.914. The van der Waals surface area contributed by atoms with Crippen molar-refractivity contribution in [1.29, 1.82) is 0 Å². The number of hydrogen-bond acceptors (Lipinski definition) is 4. The standard InChI is InChI=1S/C14H21N3OS/c1-6-15-13(12-7-9(2)10(3)19-12)14-11(18-5)8-16-17(14)4/h7-8,13,15H,6H2,1-5H3. The van der Waals surface area contributed by atoms with E-state index in [0.29, 0.717) is 0 Å². The molecule has 2 aromatic heterocycles. The van der Waals surface area contributed by atoms with Crippen LogP contribution in [0.1, 0.15) is 34.0 Å².